The van der Waals surface area contributed by atoms with Gasteiger partial charge in [-0.15, -0.1) is 10.2 Å². The standard InChI is InChI=1S/C20H20N6O3S/c1-28-16-3-2-4-17(11-16)29-12-18-24-25-20(26(18)22)30-13-19(27)23-15-7-5-14(6-8-15)9-10-21/h2-8,11H,9,12-13,22H2,1H3,(H,23,27). The van der Waals surface area contributed by atoms with E-state index >= 15 is 0 Å². The van der Waals surface area contributed by atoms with E-state index in [2.05, 4.69) is 21.6 Å². The largest absolute Gasteiger partial charge is 0.497 e. The maximum absolute atomic E-state index is 12.2. The number of nitrogens with zero attached hydrogens (tertiary/aromatic N) is 4. The van der Waals surface area contributed by atoms with Crippen LogP contribution in [0.15, 0.2) is 53.7 Å². The van der Waals surface area contributed by atoms with Gasteiger partial charge in [0.15, 0.2) is 5.82 Å². The van der Waals surface area contributed by atoms with Crippen LogP contribution in [0.2, 0.25) is 0 Å². The first kappa shape index (κ1) is 21.0. The molecule has 0 atom stereocenters. The number of nitrogens with one attached hydrogen (secondary N) is 1. The fourth-order valence-electron chi connectivity index (χ4n) is 2.47. The second kappa shape index (κ2) is 10.2. The lowest BCUT2D eigenvalue weighted by atomic mass is 10.1. The molecular formula is C20H20N6O3S. The van der Waals surface area contributed by atoms with Gasteiger partial charge in [0.25, 0.3) is 0 Å². The average Bonchev–Trinajstić information content (AvgIpc) is 3.12. The number of carbonyl (C=O) groups excluding carboxylic acids is 1. The molecule has 0 fully saturated rings. The van der Waals surface area contributed by atoms with Crippen molar-refractivity contribution in [2.75, 3.05) is 24.0 Å². The van der Waals surface area contributed by atoms with E-state index in [1.807, 2.05) is 12.1 Å². The van der Waals surface area contributed by atoms with E-state index in [1.54, 1.807) is 43.5 Å². The first-order chi connectivity index (χ1) is 14.6. The minimum atomic E-state index is -0.204. The SMILES string of the molecule is COc1cccc(OCc2nnc(SCC(=O)Nc3ccc(CC#N)cc3)n2N)c1. The summed E-state index contributed by atoms with van der Waals surface area (Å²) in [7, 11) is 1.58. The van der Waals surface area contributed by atoms with Gasteiger partial charge < -0.3 is 20.6 Å². The monoisotopic (exact) mass is 424 g/mol. The normalized spacial score (nSPS) is 10.3. The number of carbonyl (C=O) groups is 1. The van der Waals surface area contributed by atoms with Gasteiger partial charge in [-0.3, -0.25) is 4.79 Å². The van der Waals surface area contributed by atoms with E-state index in [0.717, 1.165) is 5.56 Å². The molecule has 0 spiro atoms. The summed E-state index contributed by atoms with van der Waals surface area (Å²) in [5, 5.41) is 19.9. The van der Waals surface area contributed by atoms with Crippen LogP contribution in [-0.4, -0.2) is 33.6 Å². The summed E-state index contributed by atoms with van der Waals surface area (Å²) in [5.74, 6) is 7.66. The predicted molar refractivity (Wildman–Crippen MR) is 113 cm³/mol. The van der Waals surface area contributed by atoms with Crippen molar-refractivity contribution in [3.63, 3.8) is 0 Å². The third-order valence-corrected chi connectivity index (χ3v) is 4.94. The highest BCUT2D eigenvalue weighted by molar-refractivity contribution is 7.99. The third-order valence-electron chi connectivity index (χ3n) is 4.00. The predicted octanol–water partition coefficient (Wildman–Crippen LogP) is 2.38. The summed E-state index contributed by atoms with van der Waals surface area (Å²) in [6.45, 7) is 0.123. The maximum Gasteiger partial charge on any atom is 0.234 e. The summed E-state index contributed by atoms with van der Waals surface area (Å²) in [6, 6.07) is 16.4. The smallest absolute Gasteiger partial charge is 0.234 e. The van der Waals surface area contributed by atoms with Gasteiger partial charge in [-0.2, -0.15) is 5.26 Å². The number of methoxy groups -OCH3 is 1. The van der Waals surface area contributed by atoms with Gasteiger partial charge in [0.05, 0.1) is 25.4 Å². The van der Waals surface area contributed by atoms with Crippen molar-refractivity contribution in [2.45, 2.75) is 18.2 Å². The number of nitrogens with two attached hydrogens (primary N) is 1. The summed E-state index contributed by atoms with van der Waals surface area (Å²) >= 11 is 1.17. The maximum atomic E-state index is 12.2. The number of anilines is 1. The third kappa shape index (κ3) is 5.65. The molecule has 3 aromatic rings. The van der Waals surface area contributed by atoms with Crippen molar-refractivity contribution in [2.24, 2.45) is 0 Å². The van der Waals surface area contributed by atoms with Crippen molar-refractivity contribution < 1.29 is 14.3 Å². The van der Waals surface area contributed by atoms with Crippen LogP contribution in [0.3, 0.4) is 0 Å². The van der Waals surface area contributed by atoms with Crippen LogP contribution >= 0.6 is 11.8 Å². The Morgan fingerprint density at radius 1 is 1.23 bits per heavy atom. The van der Waals surface area contributed by atoms with E-state index in [1.165, 1.54) is 16.4 Å². The van der Waals surface area contributed by atoms with Gasteiger partial charge in [-0.1, -0.05) is 30.0 Å². The highest BCUT2D eigenvalue weighted by Crippen LogP contribution is 2.21. The zero-order valence-electron chi connectivity index (χ0n) is 16.2. The van der Waals surface area contributed by atoms with Crippen LogP contribution in [0.5, 0.6) is 11.5 Å². The Morgan fingerprint density at radius 2 is 2.00 bits per heavy atom. The van der Waals surface area contributed by atoms with Crippen LogP contribution in [0, 0.1) is 11.3 Å². The van der Waals surface area contributed by atoms with Gasteiger partial charge in [-0.05, 0) is 29.8 Å². The van der Waals surface area contributed by atoms with Crippen LogP contribution in [0.25, 0.3) is 0 Å². The minimum Gasteiger partial charge on any atom is -0.497 e. The van der Waals surface area contributed by atoms with E-state index in [-0.39, 0.29) is 18.3 Å². The molecule has 0 aliphatic carbocycles. The minimum absolute atomic E-state index is 0.117. The van der Waals surface area contributed by atoms with Crippen molar-refractivity contribution in [1.82, 2.24) is 14.9 Å². The Balaban J connectivity index is 1.50. The number of hydrogen-bond donors (Lipinski definition) is 2. The molecule has 0 aliphatic heterocycles. The molecule has 3 rings (SSSR count). The summed E-state index contributed by atoms with van der Waals surface area (Å²) < 4.78 is 12.1. The Hall–Kier alpha value is -3.71. The molecule has 2 aromatic carbocycles. The second-order valence-electron chi connectivity index (χ2n) is 6.11. The number of nitriles is 1. The zero-order chi connectivity index (χ0) is 21.3. The highest BCUT2D eigenvalue weighted by Gasteiger charge is 2.13. The van der Waals surface area contributed by atoms with E-state index in [4.69, 9.17) is 20.6 Å². The first-order valence-electron chi connectivity index (χ1n) is 8.94. The number of aromatic nitrogens is 3. The molecule has 1 amide bonds. The Labute approximate surface area is 177 Å². The van der Waals surface area contributed by atoms with Gasteiger partial charge in [0, 0.05) is 11.8 Å². The van der Waals surface area contributed by atoms with Crippen LogP contribution in [0.1, 0.15) is 11.4 Å². The number of rotatable bonds is 9. The van der Waals surface area contributed by atoms with Crippen LogP contribution in [-0.2, 0) is 17.8 Å². The number of ether oxygens (including phenoxy) is 2. The van der Waals surface area contributed by atoms with Gasteiger partial charge >= 0.3 is 0 Å². The molecule has 154 valence electrons. The molecule has 0 radical (unpaired) electrons. The van der Waals surface area contributed by atoms with Crippen molar-refractivity contribution >= 4 is 23.4 Å². The number of hydrogen-bond acceptors (Lipinski definition) is 8. The molecule has 1 heterocycles. The molecular weight excluding hydrogens is 404 g/mol. The Morgan fingerprint density at radius 3 is 2.73 bits per heavy atom. The molecule has 0 aliphatic rings. The molecule has 0 bridgehead atoms. The Bertz CT molecular complexity index is 1050. The molecule has 0 saturated heterocycles. The lowest BCUT2D eigenvalue weighted by molar-refractivity contribution is -0.113. The molecule has 3 N–H and O–H groups in total. The lowest BCUT2D eigenvalue weighted by Gasteiger charge is -2.08. The quantitative estimate of drug-likeness (QED) is 0.396. The topological polar surface area (TPSA) is 128 Å². The average molecular weight is 424 g/mol. The molecule has 0 unspecified atom stereocenters. The van der Waals surface area contributed by atoms with Crippen LogP contribution < -0.4 is 20.6 Å². The molecule has 0 saturated carbocycles. The van der Waals surface area contributed by atoms with E-state index in [9.17, 15) is 4.79 Å². The van der Waals surface area contributed by atoms with Crippen molar-refractivity contribution in [1.29, 1.82) is 5.26 Å². The lowest BCUT2D eigenvalue weighted by Crippen LogP contribution is -2.18. The molecule has 1 aromatic heterocycles. The van der Waals surface area contributed by atoms with E-state index < -0.39 is 0 Å². The van der Waals surface area contributed by atoms with Crippen LogP contribution in [0.4, 0.5) is 5.69 Å². The number of benzene rings is 2. The Kier molecular flexibility index (Phi) is 7.13. The number of nitrogen functional groups attached to an aromatic ring is 1. The highest BCUT2D eigenvalue weighted by atomic mass is 32.2. The summed E-state index contributed by atoms with van der Waals surface area (Å²) in [5.41, 5.74) is 1.55. The van der Waals surface area contributed by atoms with E-state index in [0.29, 0.717) is 34.6 Å². The number of thioether (sulfide) groups is 1. The molecule has 30 heavy (non-hydrogen) atoms. The second-order valence-corrected chi connectivity index (χ2v) is 7.05. The fourth-order valence-corrected chi connectivity index (χ4v) is 3.14. The molecule has 9 nitrogen and oxygen atoms in total. The molecule has 10 heteroatoms. The van der Waals surface area contributed by atoms with Gasteiger partial charge in [0.1, 0.15) is 18.1 Å². The van der Waals surface area contributed by atoms with Gasteiger partial charge in [-0.25, -0.2) is 4.68 Å². The van der Waals surface area contributed by atoms with Gasteiger partial charge in [0.2, 0.25) is 11.1 Å². The summed E-state index contributed by atoms with van der Waals surface area (Å²) in [4.78, 5) is 12.2. The number of amides is 1. The fraction of sp³-hybridized carbons (Fsp3) is 0.200. The van der Waals surface area contributed by atoms with Crippen molar-refractivity contribution in [3.8, 4) is 17.6 Å². The zero-order valence-corrected chi connectivity index (χ0v) is 17.1. The first-order valence-corrected chi connectivity index (χ1v) is 9.92. The summed E-state index contributed by atoms with van der Waals surface area (Å²) in [6.07, 6.45) is 0.333. The van der Waals surface area contributed by atoms with Crippen molar-refractivity contribution in [3.05, 3.63) is 59.9 Å².